The number of rotatable bonds is 7. The quantitative estimate of drug-likeness (QED) is 0.392. The number of aromatic amines is 1. The summed E-state index contributed by atoms with van der Waals surface area (Å²) in [6, 6.07) is 16.1. The Kier molecular flexibility index (Phi) is 6.06. The first-order valence-corrected chi connectivity index (χ1v) is 10.1. The molecule has 3 aromatic rings. The van der Waals surface area contributed by atoms with Gasteiger partial charge >= 0.3 is 0 Å². The summed E-state index contributed by atoms with van der Waals surface area (Å²) in [7, 11) is 0. The van der Waals surface area contributed by atoms with Gasteiger partial charge in [-0.3, -0.25) is 9.59 Å². The second-order valence-electron chi connectivity index (χ2n) is 7.58. The molecule has 8 nitrogen and oxygen atoms in total. The summed E-state index contributed by atoms with van der Waals surface area (Å²) in [6.45, 7) is 0.824. The fraction of sp³-hybridized carbons (Fsp3) is 0.318. The van der Waals surface area contributed by atoms with E-state index in [-0.39, 0.29) is 30.4 Å². The molecule has 1 aliphatic rings. The van der Waals surface area contributed by atoms with Crippen LogP contribution < -0.4 is 21.7 Å². The van der Waals surface area contributed by atoms with E-state index in [1.165, 1.54) is 11.1 Å². The Bertz CT molecular complexity index is 1030. The number of nitrogens with zero attached hydrogens (tertiary/aromatic N) is 1. The topological polar surface area (TPSA) is 125 Å². The first-order valence-electron chi connectivity index (χ1n) is 10.1. The lowest BCUT2D eigenvalue weighted by molar-refractivity contribution is -0.123. The minimum atomic E-state index is -0.338. The molecule has 1 saturated heterocycles. The molecule has 2 aromatic carbocycles. The van der Waals surface area contributed by atoms with Crippen molar-refractivity contribution in [2.45, 2.75) is 31.5 Å². The van der Waals surface area contributed by atoms with E-state index in [1.54, 1.807) is 0 Å². The predicted molar refractivity (Wildman–Crippen MR) is 115 cm³/mol. The number of carbonyl (C=O) groups is 2. The van der Waals surface area contributed by atoms with E-state index in [0.29, 0.717) is 25.3 Å². The monoisotopic (exact) mass is 406 g/mol. The highest BCUT2D eigenvalue weighted by molar-refractivity contribution is 5.83. The van der Waals surface area contributed by atoms with Crippen LogP contribution in [0.15, 0.2) is 48.5 Å². The average Bonchev–Trinajstić information content (AvgIpc) is 3.39. The number of hydrogen-bond acceptors (Lipinski definition) is 5. The van der Waals surface area contributed by atoms with Gasteiger partial charge in [-0.15, -0.1) is 0 Å². The minimum absolute atomic E-state index is 0.0491. The van der Waals surface area contributed by atoms with Crippen LogP contribution in [0.4, 0.5) is 0 Å². The zero-order chi connectivity index (χ0) is 20.9. The molecule has 156 valence electrons. The minimum Gasteiger partial charge on any atom is -0.351 e. The standard InChI is InChI=1S/C22H26N6O2/c23-11-21(29)26-16-10-19(24-12-16)22(30)25-13-20-27-17-7-6-15(9-18(17)28-20)8-14-4-2-1-3-5-14/h1-7,9,16,19,24H,8,10-13,23H2,(H,25,30)(H,26,29)(H,27,28)/t16-,19+/m1/s1. The molecule has 30 heavy (non-hydrogen) atoms. The Morgan fingerprint density at radius 2 is 1.97 bits per heavy atom. The van der Waals surface area contributed by atoms with Gasteiger partial charge < -0.3 is 26.7 Å². The van der Waals surface area contributed by atoms with Crippen LogP contribution >= 0.6 is 0 Å². The highest BCUT2D eigenvalue weighted by atomic mass is 16.2. The van der Waals surface area contributed by atoms with Gasteiger partial charge in [0.2, 0.25) is 11.8 Å². The molecule has 1 fully saturated rings. The Labute approximate surface area is 174 Å². The maximum Gasteiger partial charge on any atom is 0.237 e. The van der Waals surface area contributed by atoms with Crippen LogP contribution in [-0.2, 0) is 22.6 Å². The van der Waals surface area contributed by atoms with Crippen LogP contribution in [-0.4, -0.2) is 47.0 Å². The number of carbonyl (C=O) groups excluding carboxylic acids is 2. The number of nitrogens with one attached hydrogen (secondary N) is 4. The molecule has 0 saturated carbocycles. The smallest absolute Gasteiger partial charge is 0.237 e. The summed E-state index contributed by atoms with van der Waals surface area (Å²) < 4.78 is 0. The molecule has 0 radical (unpaired) electrons. The first-order chi connectivity index (χ1) is 14.6. The van der Waals surface area contributed by atoms with Crippen LogP contribution in [0.2, 0.25) is 0 Å². The zero-order valence-electron chi connectivity index (χ0n) is 16.7. The van der Waals surface area contributed by atoms with Gasteiger partial charge in [-0.2, -0.15) is 0 Å². The maximum absolute atomic E-state index is 12.4. The van der Waals surface area contributed by atoms with Gasteiger partial charge in [0.15, 0.2) is 0 Å². The van der Waals surface area contributed by atoms with E-state index in [4.69, 9.17) is 5.73 Å². The molecule has 1 aliphatic heterocycles. The molecule has 2 atom stereocenters. The molecular weight excluding hydrogens is 380 g/mol. The lowest BCUT2D eigenvalue weighted by Crippen LogP contribution is -2.40. The third-order valence-electron chi connectivity index (χ3n) is 5.28. The molecule has 1 aromatic heterocycles. The van der Waals surface area contributed by atoms with E-state index in [9.17, 15) is 9.59 Å². The van der Waals surface area contributed by atoms with Crippen molar-refractivity contribution in [1.29, 1.82) is 0 Å². The second kappa shape index (κ2) is 9.06. The van der Waals surface area contributed by atoms with Gasteiger partial charge in [0.1, 0.15) is 5.82 Å². The van der Waals surface area contributed by atoms with Gasteiger partial charge in [0.25, 0.3) is 0 Å². The van der Waals surface area contributed by atoms with Gasteiger partial charge in [0.05, 0.1) is 30.2 Å². The number of aromatic nitrogens is 2. The van der Waals surface area contributed by atoms with Gasteiger partial charge in [0, 0.05) is 12.6 Å². The van der Waals surface area contributed by atoms with Crippen LogP contribution in [0.1, 0.15) is 23.4 Å². The maximum atomic E-state index is 12.4. The summed E-state index contributed by atoms with van der Waals surface area (Å²) >= 11 is 0. The lowest BCUT2D eigenvalue weighted by Gasteiger charge is -2.11. The van der Waals surface area contributed by atoms with Crippen molar-refractivity contribution >= 4 is 22.8 Å². The Hall–Kier alpha value is -3.23. The second-order valence-corrected chi connectivity index (χ2v) is 7.58. The molecule has 2 heterocycles. The molecule has 8 heteroatoms. The zero-order valence-corrected chi connectivity index (χ0v) is 16.7. The number of nitrogens with two attached hydrogens (primary N) is 1. The van der Waals surface area contributed by atoms with Gasteiger partial charge in [-0.25, -0.2) is 4.98 Å². The third kappa shape index (κ3) is 4.84. The summed E-state index contributed by atoms with van der Waals surface area (Å²) in [5.74, 6) is 0.391. The van der Waals surface area contributed by atoms with Crippen molar-refractivity contribution in [2.75, 3.05) is 13.1 Å². The molecule has 0 unspecified atom stereocenters. The summed E-state index contributed by atoms with van der Waals surface area (Å²) in [4.78, 5) is 31.7. The Morgan fingerprint density at radius 3 is 2.77 bits per heavy atom. The Balaban J connectivity index is 1.33. The lowest BCUT2D eigenvalue weighted by atomic mass is 10.0. The van der Waals surface area contributed by atoms with Crippen molar-refractivity contribution in [3.63, 3.8) is 0 Å². The van der Waals surface area contributed by atoms with Crippen LogP contribution in [0.25, 0.3) is 11.0 Å². The third-order valence-corrected chi connectivity index (χ3v) is 5.28. The molecule has 0 spiro atoms. The number of fused-ring (bicyclic) bond motifs is 1. The van der Waals surface area contributed by atoms with Crippen molar-refractivity contribution in [1.82, 2.24) is 25.9 Å². The number of hydrogen-bond donors (Lipinski definition) is 5. The number of imidazole rings is 1. The number of H-pyrrole nitrogens is 1. The summed E-state index contributed by atoms with van der Waals surface area (Å²) in [5, 5.41) is 8.85. The van der Waals surface area contributed by atoms with E-state index < -0.39 is 0 Å². The van der Waals surface area contributed by atoms with Gasteiger partial charge in [-0.05, 0) is 36.1 Å². The number of amides is 2. The molecule has 2 amide bonds. The number of benzene rings is 2. The Morgan fingerprint density at radius 1 is 1.13 bits per heavy atom. The van der Waals surface area contributed by atoms with Crippen LogP contribution in [0.5, 0.6) is 0 Å². The first kappa shape index (κ1) is 20.1. The highest BCUT2D eigenvalue weighted by Crippen LogP contribution is 2.17. The molecule has 4 rings (SSSR count). The predicted octanol–water partition coefficient (Wildman–Crippen LogP) is 0.575. The van der Waals surface area contributed by atoms with E-state index >= 15 is 0 Å². The van der Waals surface area contributed by atoms with Crippen LogP contribution in [0.3, 0.4) is 0 Å². The largest absolute Gasteiger partial charge is 0.351 e. The fourth-order valence-corrected chi connectivity index (χ4v) is 3.76. The summed E-state index contributed by atoms with van der Waals surface area (Å²) in [6.07, 6.45) is 1.39. The summed E-state index contributed by atoms with van der Waals surface area (Å²) in [5.41, 5.74) is 9.59. The van der Waals surface area contributed by atoms with Crippen molar-refractivity contribution in [2.24, 2.45) is 5.73 Å². The molecule has 0 bridgehead atoms. The van der Waals surface area contributed by atoms with E-state index in [2.05, 4.69) is 50.2 Å². The average molecular weight is 406 g/mol. The SMILES string of the molecule is NCC(=O)N[C@H]1CN[C@H](C(=O)NCc2nc3cc(Cc4ccccc4)ccc3[nH]2)C1. The van der Waals surface area contributed by atoms with Crippen molar-refractivity contribution in [3.05, 3.63) is 65.5 Å². The molecule has 6 N–H and O–H groups in total. The highest BCUT2D eigenvalue weighted by Gasteiger charge is 2.30. The normalized spacial score (nSPS) is 18.4. The van der Waals surface area contributed by atoms with E-state index in [0.717, 1.165) is 17.5 Å². The van der Waals surface area contributed by atoms with E-state index in [1.807, 2.05) is 24.3 Å². The molecular formula is C22H26N6O2. The molecule has 0 aliphatic carbocycles. The van der Waals surface area contributed by atoms with Crippen LogP contribution in [0, 0.1) is 0 Å². The fourth-order valence-electron chi connectivity index (χ4n) is 3.76. The van der Waals surface area contributed by atoms with Crippen molar-refractivity contribution in [3.8, 4) is 0 Å². The van der Waals surface area contributed by atoms with Crippen molar-refractivity contribution < 1.29 is 9.59 Å². The van der Waals surface area contributed by atoms with Gasteiger partial charge in [-0.1, -0.05) is 36.4 Å².